The van der Waals surface area contributed by atoms with Crippen LogP contribution in [0.3, 0.4) is 0 Å². The SMILES string of the molecule is Nc1nc2ncc(CNc3ccc(C(=O)N[C@@H](CCC(=O)CCCCOCCOCCOCCCCc4c(NCCCC(C(=O)O)N5CCN(CC(=O)[O-])CCN(CC(=O)[O-])CCN(CC(=O)[O-])CC5)c(=O)c4=O)C(=O)O)cc3)nc2c(=O)[nH]1. The minimum Gasteiger partial charge on any atom is -0.549 e. The Balaban J connectivity index is 0.888. The number of carboxylic acid groups (broad SMARTS) is 5. The third-order valence-electron chi connectivity index (χ3n) is 13.7. The predicted molar refractivity (Wildman–Crippen MR) is 295 cm³/mol. The number of carboxylic acids is 5. The fourth-order valence-corrected chi connectivity index (χ4v) is 9.21. The lowest BCUT2D eigenvalue weighted by Gasteiger charge is -2.36. The molecule has 2 aromatic carbocycles. The molecule has 3 heterocycles. The number of ketones is 1. The van der Waals surface area contributed by atoms with Crippen LogP contribution in [0, 0.1) is 0 Å². The van der Waals surface area contributed by atoms with Crippen LogP contribution >= 0.6 is 0 Å². The van der Waals surface area contributed by atoms with Crippen molar-refractivity contribution in [1.82, 2.24) is 44.9 Å². The van der Waals surface area contributed by atoms with Gasteiger partial charge in [-0.1, -0.05) is 0 Å². The van der Waals surface area contributed by atoms with E-state index in [1.54, 1.807) is 17.0 Å². The van der Waals surface area contributed by atoms with E-state index >= 15 is 0 Å². The number of unbranched alkanes of at least 4 members (excludes halogenated alkanes) is 2. The highest BCUT2D eigenvalue weighted by molar-refractivity contribution is 5.97. The number of H-pyrrole nitrogens is 1. The molecule has 30 nitrogen and oxygen atoms in total. The molecule has 1 fully saturated rings. The Morgan fingerprint density at radius 1 is 0.655 bits per heavy atom. The highest BCUT2D eigenvalue weighted by atomic mass is 16.5. The van der Waals surface area contributed by atoms with Crippen molar-refractivity contribution in [2.75, 3.05) is 135 Å². The molecule has 2 aromatic heterocycles. The standard InChI is InChI=1S/C54H76N12O18/c55-54-61-49-46(51(77)62-54)59-37(31-58-49)30-57-36-11-9-35(10-12-36)50(76)60-40(52(78)79)14-13-38(67)6-1-3-24-82-26-28-84-29-27-83-25-4-2-7-39-45(48(75)47(39)74)56-15-5-8-41(53(80)81)66-22-20-64(33-43(70)71)18-16-63(32-42(68)69)17-19-65(21-23-66)34-44(72)73/h9-12,31,40-41,56-57H,1-8,13-30,32-34H2,(H,60,76)(H,68,69)(H,70,71)(H,72,73)(H,78,79)(H,80,81)(H3,55,58,61,62,77)/p-3/t40-,41?/m0/s1. The van der Waals surface area contributed by atoms with Gasteiger partial charge in [0.15, 0.2) is 11.2 Å². The van der Waals surface area contributed by atoms with Gasteiger partial charge >= 0.3 is 11.9 Å². The average molecular weight is 1180 g/mol. The zero-order chi connectivity index (χ0) is 61.0. The van der Waals surface area contributed by atoms with E-state index in [9.17, 15) is 73.5 Å². The summed E-state index contributed by atoms with van der Waals surface area (Å²) >= 11 is 0. The summed E-state index contributed by atoms with van der Waals surface area (Å²) < 4.78 is 16.8. The van der Waals surface area contributed by atoms with Crippen molar-refractivity contribution in [2.24, 2.45) is 0 Å². The van der Waals surface area contributed by atoms with Crippen molar-refractivity contribution in [1.29, 1.82) is 0 Å². The Morgan fingerprint density at radius 2 is 1.21 bits per heavy atom. The van der Waals surface area contributed by atoms with Crippen molar-refractivity contribution in [3.05, 3.63) is 78.1 Å². The molecule has 0 spiro atoms. The van der Waals surface area contributed by atoms with Crippen LogP contribution in [0.2, 0.25) is 0 Å². The fourth-order valence-electron chi connectivity index (χ4n) is 9.21. The third kappa shape index (κ3) is 23.4. The fraction of sp³-hybridized carbons (Fsp3) is 0.574. The monoisotopic (exact) mass is 1180 g/mol. The number of carbonyl (C=O) groups is 7. The zero-order valence-corrected chi connectivity index (χ0v) is 46.7. The maximum Gasteiger partial charge on any atom is 0.326 e. The first-order valence-electron chi connectivity index (χ1n) is 27.7. The third-order valence-corrected chi connectivity index (χ3v) is 13.7. The summed E-state index contributed by atoms with van der Waals surface area (Å²) in [6.45, 7) is 1.75. The molecule has 1 amide bonds. The van der Waals surface area contributed by atoms with Gasteiger partial charge in [-0.3, -0.25) is 53.4 Å². The number of aromatic nitrogens is 4. The van der Waals surface area contributed by atoms with Gasteiger partial charge in [-0.2, -0.15) is 4.98 Å². The van der Waals surface area contributed by atoms with Gasteiger partial charge in [-0.25, -0.2) is 14.8 Å². The van der Waals surface area contributed by atoms with E-state index in [2.05, 4.69) is 35.9 Å². The number of ether oxygens (including phenoxy) is 3. The molecular formula is C54H73N12O18-3. The Bertz CT molecular complexity index is 2920. The summed E-state index contributed by atoms with van der Waals surface area (Å²) in [5, 5.41) is 63.0. The summed E-state index contributed by atoms with van der Waals surface area (Å²) in [5.41, 5.74) is 5.75. The summed E-state index contributed by atoms with van der Waals surface area (Å²) in [6, 6.07) is 3.91. The molecule has 1 aliphatic heterocycles. The molecule has 2 atom stereocenters. The minimum atomic E-state index is -1.37. The number of nitrogens with zero attached hydrogens (tertiary/aromatic N) is 7. The normalized spacial score (nSPS) is 15.0. The molecule has 0 radical (unpaired) electrons. The van der Waals surface area contributed by atoms with Gasteiger partial charge in [0.05, 0.1) is 68.5 Å². The Hall–Kier alpha value is -7.87. The number of benzene rings is 1. The van der Waals surface area contributed by atoms with E-state index < -0.39 is 83.9 Å². The zero-order valence-electron chi connectivity index (χ0n) is 46.7. The number of aliphatic carboxylic acids is 5. The summed E-state index contributed by atoms with van der Waals surface area (Å²) in [4.78, 5) is 142. The lowest BCUT2D eigenvalue weighted by Crippen LogP contribution is -2.53. The molecule has 0 saturated carbocycles. The molecule has 0 bridgehead atoms. The number of nitrogen functional groups attached to an aromatic ring is 1. The Kier molecular flexibility index (Phi) is 28.1. The molecule has 5 rings (SSSR count). The first-order valence-corrected chi connectivity index (χ1v) is 27.7. The largest absolute Gasteiger partial charge is 0.549 e. The van der Waals surface area contributed by atoms with Crippen LogP contribution in [0.1, 0.15) is 79.4 Å². The lowest BCUT2D eigenvalue weighted by atomic mass is 10.0. The summed E-state index contributed by atoms with van der Waals surface area (Å²) in [5.74, 6) is -7.36. The number of aromatic amines is 1. The molecule has 460 valence electrons. The second-order valence-corrected chi connectivity index (χ2v) is 20.0. The lowest BCUT2D eigenvalue weighted by molar-refractivity contribution is -0.308. The summed E-state index contributed by atoms with van der Waals surface area (Å²) in [7, 11) is 0. The van der Waals surface area contributed by atoms with Crippen LogP contribution in [0.15, 0.2) is 44.8 Å². The van der Waals surface area contributed by atoms with E-state index in [0.29, 0.717) is 88.7 Å². The second-order valence-electron chi connectivity index (χ2n) is 20.0. The molecule has 30 heteroatoms. The molecule has 1 saturated heterocycles. The first kappa shape index (κ1) is 66.9. The molecule has 8 N–H and O–H groups in total. The van der Waals surface area contributed by atoms with Gasteiger partial charge in [0.1, 0.15) is 17.9 Å². The maximum atomic E-state index is 12.9. The predicted octanol–water partition coefficient (Wildman–Crippen LogP) is -4.60. The number of carbonyl (C=O) groups excluding carboxylic acids is 5. The van der Waals surface area contributed by atoms with Gasteiger partial charge in [0.25, 0.3) is 11.5 Å². The molecule has 1 unspecified atom stereocenters. The van der Waals surface area contributed by atoms with Crippen LogP contribution in [0.25, 0.3) is 11.2 Å². The van der Waals surface area contributed by atoms with Crippen LogP contribution in [0.4, 0.5) is 17.3 Å². The Morgan fingerprint density at radius 3 is 1.77 bits per heavy atom. The van der Waals surface area contributed by atoms with Crippen molar-refractivity contribution >= 4 is 70.0 Å². The number of anilines is 3. The smallest absolute Gasteiger partial charge is 0.326 e. The minimum absolute atomic E-state index is 0.0354. The molecular weight excluding hydrogens is 1100 g/mol. The van der Waals surface area contributed by atoms with E-state index in [1.807, 2.05) is 0 Å². The number of nitrogens with two attached hydrogens (primary N) is 1. The second kappa shape index (κ2) is 35.3. The van der Waals surface area contributed by atoms with Crippen molar-refractivity contribution < 1.29 is 73.3 Å². The van der Waals surface area contributed by atoms with Gasteiger partial charge in [-0.05, 0) is 75.6 Å². The topological polar surface area (TPSA) is 438 Å². The van der Waals surface area contributed by atoms with Gasteiger partial charge in [0, 0.05) is 121 Å². The van der Waals surface area contributed by atoms with Crippen LogP contribution < -0.4 is 53.4 Å². The number of rotatable bonds is 38. The van der Waals surface area contributed by atoms with Gasteiger partial charge < -0.3 is 75.8 Å². The van der Waals surface area contributed by atoms with Crippen LogP contribution in [-0.4, -0.2) is 222 Å². The van der Waals surface area contributed by atoms with Crippen molar-refractivity contribution in [3.63, 3.8) is 0 Å². The molecule has 4 aromatic rings. The number of hydrogen-bond acceptors (Lipinski definition) is 26. The number of Topliss-reactive ketones (excluding diaryl/α,β-unsaturated/α-hetero) is 1. The number of hydrogen-bond donors (Lipinski definition) is 7. The average Bonchev–Trinajstić information content (AvgIpc) is 3.55. The quantitative estimate of drug-likeness (QED) is 0.0164. The van der Waals surface area contributed by atoms with Crippen LogP contribution in [-0.2, 0) is 55.9 Å². The number of fused-ring (bicyclic) bond motifs is 1. The number of amides is 1. The highest BCUT2D eigenvalue weighted by Gasteiger charge is 2.28. The molecule has 84 heavy (non-hydrogen) atoms. The van der Waals surface area contributed by atoms with Crippen LogP contribution in [0.5, 0.6) is 0 Å². The van der Waals surface area contributed by atoms with E-state index in [1.165, 1.54) is 33.0 Å². The van der Waals surface area contributed by atoms with E-state index in [-0.39, 0.29) is 132 Å². The maximum absolute atomic E-state index is 12.9. The van der Waals surface area contributed by atoms with E-state index in [0.717, 1.165) is 0 Å². The highest BCUT2D eigenvalue weighted by Crippen LogP contribution is 2.16. The van der Waals surface area contributed by atoms with E-state index in [4.69, 9.17) is 19.9 Å². The van der Waals surface area contributed by atoms with Crippen molar-refractivity contribution in [3.8, 4) is 0 Å². The molecule has 0 aliphatic carbocycles. The first-order chi connectivity index (χ1) is 40.3. The molecule has 1 aliphatic rings. The van der Waals surface area contributed by atoms with Gasteiger partial charge in [-0.15, -0.1) is 0 Å². The number of nitrogens with one attached hydrogen (secondary N) is 4. The van der Waals surface area contributed by atoms with Gasteiger partial charge in [0.2, 0.25) is 16.8 Å². The Labute approximate surface area is 482 Å². The van der Waals surface area contributed by atoms with Crippen molar-refractivity contribution in [2.45, 2.75) is 82.8 Å². The summed E-state index contributed by atoms with van der Waals surface area (Å²) in [6.07, 6.45) is 4.53.